The van der Waals surface area contributed by atoms with Gasteiger partial charge in [-0.2, -0.15) is 4.98 Å². The molecule has 1 atom stereocenters. The second-order valence-electron chi connectivity index (χ2n) is 6.46. The molecule has 1 unspecified atom stereocenters. The third-order valence-corrected chi connectivity index (χ3v) is 4.19. The molecule has 3 aromatic rings. The Morgan fingerprint density at radius 3 is 2.62 bits per heavy atom. The van der Waals surface area contributed by atoms with Gasteiger partial charge in [-0.05, 0) is 62.2 Å². The molecule has 0 radical (unpaired) electrons. The van der Waals surface area contributed by atoms with Crippen molar-refractivity contribution in [3.63, 3.8) is 0 Å². The lowest BCUT2D eigenvalue weighted by atomic mass is 10.1. The van der Waals surface area contributed by atoms with Crippen molar-refractivity contribution in [2.75, 3.05) is 0 Å². The van der Waals surface area contributed by atoms with Gasteiger partial charge in [-0.15, -0.1) is 0 Å². The summed E-state index contributed by atoms with van der Waals surface area (Å²) in [6.07, 6.45) is 2.42. The first kappa shape index (κ1) is 16.5. The predicted octanol–water partition coefficient (Wildman–Crippen LogP) is 4.09. The van der Waals surface area contributed by atoms with Crippen molar-refractivity contribution in [3.05, 3.63) is 71.4 Å². The zero-order valence-corrected chi connectivity index (χ0v) is 14.4. The minimum atomic E-state index is -0.287. The predicted molar refractivity (Wildman–Crippen MR) is 96.7 cm³/mol. The minimum absolute atomic E-state index is 0.0557. The summed E-state index contributed by atoms with van der Waals surface area (Å²) in [6.45, 7) is 2.03. The molecule has 1 saturated carbocycles. The van der Waals surface area contributed by atoms with Gasteiger partial charge in [-0.25, -0.2) is 4.39 Å². The van der Waals surface area contributed by atoms with Crippen LogP contribution >= 0.6 is 0 Å². The molecule has 1 fully saturated rings. The first-order chi connectivity index (χ1) is 12.7. The summed E-state index contributed by atoms with van der Waals surface area (Å²) in [6, 6.07) is 14.5. The number of halogens is 1. The summed E-state index contributed by atoms with van der Waals surface area (Å²) in [7, 11) is 0. The zero-order valence-electron chi connectivity index (χ0n) is 14.4. The van der Waals surface area contributed by atoms with Gasteiger partial charge in [-0.1, -0.05) is 23.1 Å². The van der Waals surface area contributed by atoms with Crippen LogP contribution in [0.4, 0.5) is 4.39 Å². The van der Waals surface area contributed by atoms with E-state index in [1.807, 2.05) is 31.2 Å². The monoisotopic (exact) mass is 347 g/mol. The molecule has 5 heteroatoms. The molecule has 0 saturated heterocycles. The molecule has 0 spiro atoms. The molecule has 130 valence electrons. The molecule has 1 aliphatic carbocycles. The lowest BCUT2D eigenvalue weighted by Gasteiger charge is -2.06. The van der Waals surface area contributed by atoms with E-state index in [0.717, 1.165) is 11.1 Å². The van der Waals surface area contributed by atoms with Gasteiger partial charge < -0.3 is 9.84 Å². The van der Waals surface area contributed by atoms with E-state index in [-0.39, 0.29) is 11.9 Å². The Morgan fingerprint density at radius 2 is 1.88 bits per heavy atom. The van der Waals surface area contributed by atoms with Crippen molar-refractivity contribution in [2.24, 2.45) is 0 Å². The van der Waals surface area contributed by atoms with Gasteiger partial charge in [0.1, 0.15) is 5.82 Å². The van der Waals surface area contributed by atoms with E-state index in [4.69, 9.17) is 4.52 Å². The van der Waals surface area contributed by atoms with Gasteiger partial charge in [0.15, 0.2) is 0 Å². The molecule has 0 aliphatic heterocycles. The van der Waals surface area contributed by atoms with Gasteiger partial charge in [0, 0.05) is 22.7 Å². The topological polar surface area (TPSA) is 51.0 Å². The van der Waals surface area contributed by atoms with E-state index in [2.05, 4.69) is 27.3 Å². The Kier molecular flexibility index (Phi) is 4.51. The molecule has 1 aliphatic rings. The number of aromatic nitrogens is 2. The van der Waals surface area contributed by atoms with Crippen molar-refractivity contribution >= 4 is 0 Å². The van der Waals surface area contributed by atoms with Crippen molar-refractivity contribution in [3.8, 4) is 23.2 Å². The molecule has 0 amide bonds. The molecule has 1 N–H and O–H groups in total. The van der Waals surface area contributed by atoms with E-state index >= 15 is 0 Å². The maximum atomic E-state index is 13.2. The molecule has 4 rings (SSSR count). The second kappa shape index (κ2) is 7.11. The van der Waals surface area contributed by atoms with E-state index < -0.39 is 0 Å². The van der Waals surface area contributed by atoms with Crippen LogP contribution in [-0.4, -0.2) is 16.2 Å². The van der Waals surface area contributed by atoms with Gasteiger partial charge in [0.25, 0.3) is 0 Å². The lowest BCUT2D eigenvalue weighted by Crippen LogP contribution is -2.20. The molecule has 1 aromatic heterocycles. The molecular formula is C21H18FN3O. The van der Waals surface area contributed by atoms with Gasteiger partial charge in [0.2, 0.25) is 11.7 Å². The SMILES string of the molecule is CC(NC1CC1)c1nc(-c2ccc(C#Cc3cccc(F)c3)cc2)no1. The Hall–Kier alpha value is -2.97. The van der Waals surface area contributed by atoms with Crippen LogP contribution in [0.1, 0.15) is 42.8 Å². The van der Waals surface area contributed by atoms with E-state index in [1.165, 1.54) is 25.0 Å². The Bertz CT molecular complexity index is 965. The van der Waals surface area contributed by atoms with Crippen molar-refractivity contribution < 1.29 is 8.91 Å². The van der Waals surface area contributed by atoms with Crippen LogP contribution in [0.5, 0.6) is 0 Å². The highest BCUT2D eigenvalue weighted by molar-refractivity contribution is 5.56. The van der Waals surface area contributed by atoms with Crippen LogP contribution in [0, 0.1) is 17.7 Å². The van der Waals surface area contributed by atoms with Crippen molar-refractivity contribution in [1.82, 2.24) is 15.5 Å². The average molecular weight is 347 g/mol. The summed E-state index contributed by atoms with van der Waals surface area (Å²) in [5, 5.41) is 7.50. The van der Waals surface area contributed by atoms with E-state index in [9.17, 15) is 4.39 Å². The first-order valence-corrected chi connectivity index (χ1v) is 8.65. The fourth-order valence-corrected chi connectivity index (χ4v) is 2.62. The molecule has 4 nitrogen and oxygen atoms in total. The van der Waals surface area contributed by atoms with Crippen LogP contribution in [-0.2, 0) is 0 Å². The third kappa shape index (κ3) is 3.98. The van der Waals surface area contributed by atoms with Gasteiger partial charge >= 0.3 is 0 Å². The Labute approximate surface area is 151 Å². The summed E-state index contributed by atoms with van der Waals surface area (Å²) in [5.74, 6) is 6.86. The molecule has 2 aromatic carbocycles. The zero-order chi connectivity index (χ0) is 17.9. The summed E-state index contributed by atoms with van der Waals surface area (Å²) in [4.78, 5) is 4.48. The maximum Gasteiger partial charge on any atom is 0.243 e. The van der Waals surface area contributed by atoms with E-state index in [1.54, 1.807) is 12.1 Å². The van der Waals surface area contributed by atoms with Crippen molar-refractivity contribution in [2.45, 2.75) is 31.8 Å². The number of nitrogens with one attached hydrogen (secondary N) is 1. The number of hydrogen-bond acceptors (Lipinski definition) is 4. The minimum Gasteiger partial charge on any atom is -0.337 e. The summed E-state index contributed by atoms with van der Waals surface area (Å²) >= 11 is 0. The third-order valence-electron chi connectivity index (χ3n) is 4.19. The normalized spacial score (nSPS) is 14.5. The fraction of sp³-hybridized carbons (Fsp3) is 0.238. The Morgan fingerprint density at radius 1 is 1.12 bits per heavy atom. The smallest absolute Gasteiger partial charge is 0.243 e. The molecule has 26 heavy (non-hydrogen) atoms. The van der Waals surface area contributed by atoms with Gasteiger partial charge in [-0.3, -0.25) is 0 Å². The second-order valence-corrected chi connectivity index (χ2v) is 6.46. The fourth-order valence-electron chi connectivity index (χ4n) is 2.62. The van der Waals surface area contributed by atoms with Crippen molar-refractivity contribution in [1.29, 1.82) is 0 Å². The molecular weight excluding hydrogens is 329 g/mol. The van der Waals surface area contributed by atoms with E-state index in [0.29, 0.717) is 23.3 Å². The largest absolute Gasteiger partial charge is 0.337 e. The van der Waals surface area contributed by atoms with Crippen LogP contribution in [0.3, 0.4) is 0 Å². The molecule has 0 bridgehead atoms. The quantitative estimate of drug-likeness (QED) is 0.722. The lowest BCUT2D eigenvalue weighted by molar-refractivity contribution is 0.338. The van der Waals surface area contributed by atoms with Crippen LogP contribution in [0.25, 0.3) is 11.4 Å². The number of hydrogen-bond donors (Lipinski definition) is 1. The Balaban J connectivity index is 1.47. The van der Waals surface area contributed by atoms with Gasteiger partial charge in [0.05, 0.1) is 6.04 Å². The number of benzene rings is 2. The van der Waals surface area contributed by atoms with Crippen LogP contribution < -0.4 is 5.32 Å². The number of rotatable bonds is 4. The first-order valence-electron chi connectivity index (χ1n) is 8.65. The van der Waals surface area contributed by atoms with Crippen LogP contribution in [0.2, 0.25) is 0 Å². The highest BCUT2D eigenvalue weighted by atomic mass is 19.1. The highest BCUT2D eigenvalue weighted by Crippen LogP contribution is 2.24. The molecule has 1 heterocycles. The average Bonchev–Trinajstić information content (AvgIpc) is 3.32. The highest BCUT2D eigenvalue weighted by Gasteiger charge is 2.25. The number of nitrogens with zero attached hydrogens (tertiary/aromatic N) is 2. The maximum absolute atomic E-state index is 13.2. The summed E-state index contributed by atoms with van der Waals surface area (Å²) in [5.41, 5.74) is 2.36. The standard InChI is InChI=1S/C21H18FN3O/c1-14(23-19-11-12-19)21-24-20(25-26-21)17-9-7-15(8-10-17)5-6-16-3-2-4-18(22)13-16/h2-4,7-10,13-14,19,23H,11-12H2,1H3. The van der Waals surface area contributed by atoms with Crippen LogP contribution in [0.15, 0.2) is 53.1 Å². The summed E-state index contributed by atoms with van der Waals surface area (Å²) < 4.78 is 18.5.